The molecule has 0 aliphatic rings. The Kier molecular flexibility index (Phi) is 28.5. The Hall–Kier alpha value is -5.11. The van der Waals surface area contributed by atoms with Crippen molar-refractivity contribution in [2.24, 2.45) is 9.98 Å². The molecule has 8 heteroatoms. The fraction of sp³-hybridized carbons (Fsp3) is 0.542. The molecule has 0 aliphatic heterocycles. The summed E-state index contributed by atoms with van der Waals surface area (Å²) < 4.78 is 17.5. The summed E-state index contributed by atoms with van der Waals surface area (Å²) in [5.74, 6) is 1.30. The number of carbonyl (C=O) groups excluding carboxylic acids is 1. The van der Waals surface area contributed by atoms with Crippen LogP contribution in [0.1, 0.15) is 215 Å². The number of unbranched alkanes of at least 4 members (excludes halogenated alkanes) is 26. The number of aromatic hydroxyl groups is 2. The average molecular weight is 917 g/mol. The first-order valence-electron chi connectivity index (χ1n) is 26.4. The van der Waals surface area contributed by atoms with Crippen LogP contribution in [0.5, 0.6) is 28.7 Å². The number of aliphatic imine (C=N–C) groups is 2. The van der Waals surface area contributed by atoms with Gasteiger partial charge in [-0.25, -0.2) is 4.79 Å². The van der Waals surface area contributed by atoms with Crippen LogP contribution in [-0.2, 0) is 0 Å². The van der Waals surface area contributed by atoms with Gasteiger partial charge in [0.2, 0.25) is 0 Å². The van der Waals surface area contributed by atoms with E-state index >= 15 is 0 Å². The van der Waals surface area contributed by atoms with Crippen LogP contribution < -0.4 is 14.2 Å². The van der Waals surface area contributed by atoms with E-state index in [0.29, 0.717) is 58.5 Å². The minimum Gasteiger partial charge on any atom is -0.507 e. The molecule has 67 heavy (non-hydrogen) atoms. The molecule has 0 unspecified atom stereocenters. The van der Waals surface area contributed by atoms with Crippen molar-refractivity contribution >= 4 is 29.8 Å². The average Bonchev–Trinajstić information content (AvgIpc) is 3.33. The van der Waals surface area contributed by atoms with Crippen molar-refractivity contribution in [2.75, 3.05) is 13.2 Å². The molecule has 4 rings (SSSR count). The number of carbonyl (C=O) groups is 1. The highest BCUT2D eigenvalue weighted by Gasteiger charge is 2.10. The normalized spacial score (nSPS) is 11.5. The molecule has 0 bridgehead atoms. The summed E-state index contributed by atoms with van der Waals surface area (Å²) in [5, 5.41) is 21.3. The van der Waals surface area contributed by atoms with E-state index in [-0.39, 0.29) is 11.5 Å². The second-order valence-electron chi connectivity index (χ2n) is 18.3. The molecule has 8 nitrogen and oxygen atoms in total. The van der Waals surface area contributed by atoms with Gasteiger partial charge in [-0.1, -0.05) is 187 Å². The van der Waals surface area contributed by atoms with Gasteiger partial charge in [-0.2, -0.15) is 0 Å². The van der Waals surface area contributed by atoms with Crippen LogP contribution in [0.25, 0.3) is 0 Å². The first-order valence-corrected chi connectivity index (χ1v) is 26.4. The number of nitrogens with zero attached hydrogens (tertiary/aromatic N) is 2. The highest BCUT2D eigenvalue weighted by Crippen LogP contribution is 2.27. The van der Waals surface area contributed by atoms with E-state index in [9.17, 15) is 15.0 Å². The van der Waals surface area contributed by atoms with Crippen molar-refractivity contribution in [1.29, 1.82) is 0 Å². The van der Waals surface area contributed by atoms with Crippen molar-refractivity contribution in [3.8, 4) is 28.7 Å². The van der Waals surface area contributed by atoms with E-state index in [0.717, 1.165) is 25.7 Å². The Balaban J connectivity index is 1.08. The predicted octanol–water partition coefficient (Wildman–Crippen LogP) is 17.5. The van der Waals surface area contributed by atoms with E-state index in [1.165, 1.54) is 154 Å². The molecule has 0 spiro atoms. The lowest BCUT2D eigenvalue weighted by molar-refractivity contribution is 0.0735. The number of hydrogen-bond acceptors (Lipinski definition) is 8. The Morgan fingerprint density at radius 1 is 0.433 bits per heavy atom. The number of rotatable bonds is 38. The lowest BCUT2D eigenvalue weighted by atomic mass is 10.0. The molecule has 0 amide bonds. The van der Waals surface area contributed by atoms with Gasteiger partial charge in [-0.05, 0) is 73.5 Å². The predicted molar refractivity (Wildman–Crippen MR) is 280 cm³/mol. The summed E-state index contributed by atoms with van der Waals surface area (Å²) in [4.78, 5) is 22.0. The van der Waals surface area contributed by atoms with Crippen LogP contribution in [0, 0.1) is 0 Å². The first-order chi connectivity index (χ1) is 32.9. The molecule has 0 saturated carbocycles. The summed E-state index contributed by atoms with van der Waals surface area (Å²) in [7, 11) is 0. The van der Waals surface area contributed by atoms with Crippen molar-refractivity contribution in [3.63, 3.8) is 0 Å². The molecule has 4 aromatic carbocycles. The lowest BCUT2D eigenvalue weighted by Gasteiger charge is -2.08. The molecule has 0 radical (unpaired) electrons. The molecular weight excluding hydrogens is 833 g/mol. The maximum atomic E-state index is 13.0. The van der Waals surface area contributed by atoms with Gasteiger partial charge < -0.3 is 24.4 Å². The Labute approximate surface area is 404 Å². The maximum absolute atomic E-state index is 13.0. The third-order valence-electron chi connectivity index (χ3n) is 12.4. The van der Waals surface area contributed by atoms with Crippen LogP contribution in [0.3, 0.4) is 0 Å². The number of phenolic OH excluding ortho intramolecular Hbond substituents is 2. The number of esters is 1. The molecule has 0 saturated heterocycles. The molecule has 0 heterocycles. The fourth-order valence-corrected chi connectivity index (χ4v) is 8.18. The van der Waals surface area contributed by atoms with Gasteiger partial charge in [-0.15, -0.1) is 0 Å². The van der Waals surface area contributed by atoms with E-state index < -0.39 is 5.97 Å². The molecule has 0 atom stereocenters. The topological polar surface area (TPSA) is 110 Å². The highest BCUT2D eigenvalue weighted by atomic mass is 16.5. The van der Waals surface area contributed by atoms with Crippen molar-refractivity contribution in [1.82, 2.24) is 0 Å². The summed E-state index contributed by atoms with van der Waals surface area (Å²) in [6.07, 6.45) is 40.1. The largest absolute Gasteiger partial charge is 0.507 e. The standard InChI is InChI=1S/C59H84N2O6/c1-3-5-7-9-11-13-15-17-19-21-23-25-27-29-42-65-54-40-36-50(57(62)45-54)47-60-52-38-34-49(35-39-52)59(64)67-56-33-31-32-53(44-56)61-48-51-37-41-55(46-58(51)63)66-43-30-28-26-24-22-20-18-16-14-12-10-8-6-4-2/h31-41,44-48,62-63H,3-30,42-43H2,1-2H3. The van der Waals surface area contributed by atoms with Crippen molar-refractivity contribution in [2.45, 2.75) is 194 Å². The Morgan fingerprint density at radius 2 is 0.821 bits per heavy atom. The molecule has 0 aromatic heterocycles. The van der Waals surface area contributed by atoms with Crippen LogP contribution >= 0.6 is 0 Å². The van der Waals surface area contributed by atoms with Gasteiger partial charge in [0, 0.05) is 41.8 Å². The minimum absolute atomic E-state index is 0.0858. The lowest BCUT2D eigenvalue weighted by Crippen LogP contribution is -2.07. The van der Waals surface area contributed by atoms with Gasteiger partial charge in [0.15, 0.2) is 0 Å². The van der Waals surface area contributed by atoms with Crippen molar-refractivity contribution < 1.29 is 29.2 Å². The quantitative estimate of drug-likeness (QED) is 0.0201. The zero-order valence-electron chi connectivity index (χ0n) is 41.4. The van der Waals surface area contributed by atoms with E-state index in [1.54, 1.807) is 85.2 Å². The van der Waals surface area contributed by atoms with E-state index in [2.05, 4.69) is 23.8 Å². The van der Waals surface area contributed by atoms with Gasteiger partial charge in [-0.3, -0.25) is 9.98 Å². The third-order valence-corrected chi connectivity index (χ3v) is 12.4. The summed E-state index contributed by atoms with van der Waals surface area (Å²) in [6, 6.07) is 24.2. The van der Waals surface area contributed by atoms with Gasteiger partial charge in [0.25, 0.3) is 0 Å². The third kappa shape index (κ3) is 24.5. The van der Waals surface area contributed by atoms with Gasteiger partial charge in [0.1, 0.15) is 28.7 Å². The second-order valence-corrected chi connectivity index (χ2v) is 18.3. The zero-order chi connectivity index (χ0) is 47.4. The first kappa shape index (κ1) is 54.5. The zero-order valence-corrected chi connectivity index (χ0v) is 41.4. The van der Waals surface area contributed by atoms with E-state index in [4.69, 9.17) is 14.2 Å². The summed E-state index contributed by atoms with van der Waals surface area (Å²) >= 11 is 0. The molecule has 2 N–H and O–H groups in total. The second kappa shape index (κ2) is 35.1. The van der Waals surface area contributed by atoms with Crippen LogP contribution in [0.2, 0.25) is 0 Å². The molecule has 366 valence electrons. The summed E-state index contributed by atoms with van der Waals surface area (Å²) in [5.41, 5.74) is 2.69. The van der Waals surface area contributed by atoms with Crippen LogP contribution in [-0.4, -0.2) is 41.8 Å². The fourth-order valence-electron chi connectivity index (χ4n) is 8.18. The molecule has 4 aromatic rings. The Morgan fingerprint density at radius 3 is 1.22 bits per heavy atom. The number of benzene rings is 4. The Bertz CT molecular complexity index is 1980. The van der Waals surface area contributed by atoms with Crippen molar-refractivity contribution in [3.05, 3.63) is 102 Å². The number of ether oxygens (including phenoxy) is 3. The van der Waals surface area contributed by atoms with Gasteiger partial charge >= 0.3 is 5.97 Å². The SMILES string of the molecule is CCCCCCCCCCCCCCCCOc1ccc(C=Nc2ccc(C(=O)Oc3cccc(N=Cc4ccc(OCCCCCCCCCCCCCCCC)cc4O)c3)cc2)c(O)c1. The smallest absolute Gasteiger partial charge is 0.343 e. The summed E-state index contributed by atoms with van der Waals surface area (Å²) in [6.45, 7) is 5.81. The number of hydrogen-bond donors (Lipinski definition) is 2. The molecule has 0 aliphatic carbocycles. The molecular formula is C59H84N2O6. The number of phenols is 2. The van der Waals surface area contributed by atoms with Crippen LogP contribution in [0.4, 0.5) is 11.4 Å². The van der Waals surface area contributed by atoms with E-state index in [1.807, 2.05) is 12.1 Å². The highest BCUT2D eigenvalue weighted by molar-refractivity contribution is 5.92. The van der Waals surface area contributed by atoms with Crippen LogP contribution in [0.15, 0.2) is 94.9 Å². The van der Waals surface area contributed by atoms with Gasteiger partial charge in [0.05, 0.1) is 30.2 Å². The minimum atomic E-state index is -0.513. The molecule has 0 fully saturated rings. The maximum Gasteiger partial charge on any atom is 0.343 e. The monoisotopic (exact) mass is 917 g/mol.